The number of benzene rings is 2. The van der Waals surface area contributed by atoms with Crippen molar-refractivity contribution in [1.29, 1.82) is 0 Å². The number of halogens is 1. The van der Waals surface area contributed by atoms with E-state index in [0.717, 1.165) is 22.3 Å². The highest BCUT2D eigenvalue weighted by Gasteiger charge is 2.25. The molecule has 0 radical (unpaired) electrons. The Morgan fingerprint density at radius 1 is 1.04 bits per heavy atom. The minimum Gasteiger partial charge on any atom is -0.502 e. The number of hydrogen-bond donors (Lipinski definition) is 3. The first-order valence-corrected chi connectivity index (χ1v) is 8.39. The van der Waals surface area contributed by atoms with Crippen molar-refractivity contribution in [3.05, 3.63) is 58.4 Å². The summed E-state index contributed by atoms with van der Waals surface area (Å²) < 4.78 is 24.2. The molecule has 0 saturated heterocycles. The van der Waals surface area contributed by atoms with E-state index in [2.05, 4.69) is 0 Å². The van der Waals surface area contributed by atoms with Gasteiger partial charge in [0, 0.05) is 6.42 Å². The van der Waals surface area contributed by atoms with Gasteiger partial charge < -0.3 is 24.8 Å². The molecular weight excluding hydrogens is 351 g/mol. The molecule has 27 heavy (non-hydrogen) atoms. The van der Waals surface area contributed by atoms with Crippen LogP contribution in [0.5, 0.6) is 17.2 Å². The zero-order valence-corrected chi connectivity index (χ0v) is 15.3. The average Bonchev–Trinajstić information content (AvgIpc) is 2.87. The minimum atomic E-state index is -1.53. The molecule has 2 aromatic rings. The van der Waals surface area contributed by atoms with Crippen LogP contribution in [0.25, 0.3) is 17.2 Å². The molecule has 3 N–H and O–H groups in total. The molecule has 0 atom stereocenters. The number of allylic oxidation sites excluding steroid dienone is 2. The van der Waals surface area contributed by atoms with Gasteiger partial charge in [-0.1, -0.05) is 6.07 Å². The summed E-state index contributed by atoms with van der Waals surface area (Å²) >= 11 is 0. The Labute approximate surface area is 156 Å². The Balaban J connectivity index is 2.18. The molecule has 0 heterocycles. The normalized spacial score (nSPS) is 14.9. The van der Waals surface area contributed by atoms with Crippen molar-refractivity contribution in [3.63, 3.8) is 0 Å². The number of aliphatic hydroxyl groups is 2. The quantitative estimate of drug-likeness (QED) is 0.699. The predicted molar refractivity (Wildman–Crippen MR) is 101 cm³/mol. The summed E-state index contributed by atoms with van der Waals surface area (Å²) in [5, 5.41) is 28.9. The number of aromatic hydroxyl groups is 1. The lowest BCUT2D eigenvalue weighted by atomic mass is 10.00. The second-order valence-corrected chi connectivity index (χ2v) is 6.31. The molecular formula is C21H21FO5. The molecule has 1 aliphatic carbocycles. The summed E-state index contributed by atoms with van der Waals surface area (Å²) in [6, 6.07) is 7.78. The van der Waals surface area contributed by atoms with E-state index in [1.807, 2.05) is 13.0 Å². The number of hydrogen-bond acceptors (Lipinski definition) is 5. The Morgan fingerprint density at radius 2 is 1.67 bits per heavy atom. The number of aliphatic hydroxyl groups excluding tert-OH is 1. The molecule has 142 valence electrons. The number of methoxy groups -OCH3 is 2. The van der Waals surface area contributed by atoms with Crippen LogP contribution in [0.2, 0.25) is 0 Å². The summed E-state index contributed by atoms with van der Waals surface area (Å²) in [6.07, 6.45) is 0.342. The molecule has 0 bridgehead atoms. The third kappa shape index (κ3) is 3.54. The van der Waals surface area contributed by atoms with Crippen molar-refractivity contribution < 1.29 is 29.2 Å². The van der Waals surface area contributed by atoms with Crippen molar-refractivity contribution in [2.24, 2.45) is 0 Å². The first kappa shape index (κ1) is 18.9. The van der Waals surface area contributed by atoms with Crippen molar-refractivity contribution >= 4 is 17.2 Å². The molecule has 0 unspecified atom stereocenters. The van der Waals surface area contributed by atoms with E-state index in [1.165, 1.54) is 26.4 Å². The van der Waals surface area contributed by atoms with E-state index in [9.17, 15) is 19.7 Å². The van der Waals surface area contributed by atoms with Gasteiger partial charge in [-0.3, -0.25) is 0 Å². The Kier molecular flexibility index (Phi) is 5.21. The van der Waals surface area contributed by atoms with Crippen LogP contribution in [0, 0.1) is 5.82 Å². The van der Waals surface area contributed by atoms with Crippen molar-refractivity contribution in [2.75, 3.05) is 14.2 Å². The minimum absolute atomic E-state index is 0.00183. The summed E-state index contributed by atoms with van der Waals surface area (Å²) in [5.41, 5.74) is 4.51. The van der Waals surface area contributed by atoms with E-state index in [0.29, 0.717) is 11.1 Å². The lowest BCUT2D eigenvalue weighted by molar-refractivity contribution is -0.0343. The van der Waals surface area contributed by atoms with Crippen LogP contribution in [-0.4, -0.2) is 35.8 Å². The van der Waals surface area contributed by atoms with E-state index in [1.54, 1.807) is 18.2 Å². The highest BCUT2D eigenvalue weighted by Crippen LogP contribution is 2.45. The van der Waals surface area contributed by atoms with Crippen LogP contribution in [0.15, 0.2) is 35.9 Å². The van der Waals surface area contributed by atoms with Crippen LogP contribution < -0.4 is 9.47 Å². The lowest BCUT2D eigenvalue weighted by Gasteiger charge is -2.11. The highest BCUT2D eigenvalue weighted by atomic mass is 19.1. The second-order valence-electron chi connectivity index (χ2n) is 6.31. The predicted octanol–water partition coefficient (Wildman–Crippen LogP) is 3.58. The maximum atomic E-state index is 13.8. The molecule has 0 amide bonds. The van der Waals surface area contributed by atoms with Gasteiger partial charge in [-0.05, 0) is 70.7 Å². The Morgan fingerprint density at radius 3 is 2.22 bits per heavy atom. The Hall–Kier alpha value is -2.83. The molecule has 3 rings (SSSR count). The molecule has 0 spiro atoms. The topological polar surface area (TPSA) is 79.2 Å². The van der Waals surface area contributed by atoms with Crippen LogP contribution in [0.4, 0.5) is 4.39 Å². The number of rotatable bonds is 5. The molecule has 0 fully saturated rings. The number of fused-ring (bicyclic) bond motifs is 1. The van der Waals surface area contributed by atoms with Gasteiger partial charge in [-0.25, -0.2) is 4.39 Å². The first-order chi connectivity index (χ1) is 12.8. The summed E-state index contributed by atoms with van der Waals surface area (Å²) in [4.78, 5) is 0. The van der Waals surface area contributed by atoms with Crippen molar-refractivity contribution in [3.8, 4) is 17.2 Å². The SMILES string of the molecule is COc1cc(/C=C2/C(C)=C(CC(O)O)c3cc(F)ccc32)cc(OC)c1O. The maximum absolute atomic E-state index is 13.8. The first-order valence-electron chi connectivity index (χ1n) is 8.39. The number of phenolic OH excluding ortho intramolecular Hbond substituents is 1. The summed E-state index contributed by atoms with van der Waals surface area (Å²) in [5.74, 6) is 0.0606. The largest absolute Gasteiger partial charge is 0.502 e. The molecule has 5 nitrogen and oxygen atoms in total. The summed E-state index contributed by atoms with van der Waals surface area (Å²) in [7, 11) is 2.90. The van der Waals surface area contributed by atoms with Gasteiger partial charge in [0.25, 0.3) is 0 Å². The van der Waals surface area contributed by atoms with Crippen LogP contribution in [-0.2, 0) is 0 Å². The summed E-state index contributed by atoms with van der Waals surface area (Å²) in [6.45, 7) is 1.86. The van der Waals surface area contributed by atoms with Crippen molar-refractivity contribution in [2.45, 2.75) is 19.6 Å². The molecule has 0 aliphatic heterocycles. The second kappa shape index (κ2) is 7.42. The highest BCUT2D eigenvalue weighted by molar-refractivity contribution is 6.05. The van der Waals surface area contributed by atoms with E-state index >= 15 is 0 Å². The van der Waals surface area contributed by atoms with E-state index in [-0.39, 0.29) is 29.5 Å². The number of phenols is 1. The van der Waals surface area contributed by atoms with Gasteiger partial charge >= 0.3 is 0 Å². The van der Waals surface area contributed by atoms with Gasteiger partial charge in [0.05, 0.1) is 14.2 Å². The number of ether oxygens (including phenoxy) is 2. The molecule has 0 aromatic heterocycles. The van der Waals surface area contributed by atoms with Crippen molar-refractivity contribution in [1.82, 2.24) is 0 Å². The van der Waals surface area contributed by atoms with E-state index in [4.69, 9.17) is 9.47 Å². The fourth-order valence-corrected chi connectivity index (χ4v) is 3.36. The van der Waals surface area contributed by atoms with Gasteiger partial charge in [0.15, 0.2) is 17.8 Å². The van der Waals surface area contributed by atoms with Gasteiger partial charge in [0.2, 0.25) is 5.75 Å². The molecule has 6 heteroatoms. The van der Waals surface area contributed by atoms with Gasteiger partial charge in [0.1, 0.15) is 5.82 Å². The molecule has 0 saturated carbocycles. The Bertz CT molecular complexity index is 919. The smallest absolute Gasteiger partial charge is 0.200 e. The van der Waals surface area contributed by atoms with Crippen LogP contribution >= 0.6 is 0 Å². The maximum Gasteiger partial charge on any atom is 0.200 e. The monoisotopic (exact) mass is 372 g/mol. The van der Waals surface area contributed by atoms with Crippen LogP contribution in [0.1, 0.15) is 30.0 Å². The average molecular weight is 372 g/mol. The fourth-order valence-electron chi connectivity index (χ4n) is 3.36. The zero-order chi connectivity index (χ0) is 19.7. The standard InChI is InChI=1S/C21H21FO5/c1-11-15(6-12-7-18(26-2)21(25)19(8-12)27-3)14-5-4-13(22)9-17(14)16(11)10-20(23)24/h4-9,20,23-25H,10H2,1-3H3/b15-6-. The fraction of sp³-hybridized carbons (Fsp3) is 0.238. The van der Waals surface area contributed by atoms with E-state index < -0.39 is 6.29 Å². The molecule has 1 aliphatic rings. The third-order valence-electron chi connectivity index (χ3n) is 4.65. The van der Waals surface area contributed by atoms with Crippen LogP contribution in [0.3, 0.4) is 0 Å². The van der Waals surface area contributed by atoms with Gasteiger partial charge in [-0.15, -0.1) is 0 Å². The van der Waals surface area contributed by atoms with Gasteiger partial charge in [-0.2, -0.15) is 0 Å². The lowest BCUT2D eigenvalue weighted by Crippen LogP contribution is -2.05. The zero-order valence-electron chi connectivity index (χ0n) is 15.3. The molecule has 2 aromatic carbocycles. The third-order valence-corrected chi connectivity index (χ3v) is 4.65.